The molecule has 0 aromatic rings. The molecular formula is C12H26NO2P. The maximum absolute atomic E-state index is 8.80. The minimum absolute atomic E-state index is 0.154. The van der Waals surface area contributed by atoms with Crippen LogP contribution in [0.25, 0.3) is 0 Å². The van der Waals surface area contributed by atoms with Crippen molar-refractivity contribution in [3.8, 4) is 0 Å². The lowest BCUT2D eigenvalue weighted by Gasteiger charge is -2.31. The molecule has 0 heterocycles. The molecule has 3 atom stereocenters. The summed E-state index contributed by atoms with van der Waals surface area (Å²) in [6, 6.07) is 0. The summed E-state index contributed by atoms with van der Waals surface area (Å²) in [7, 11) is 0.857. The molecule has 96 valence electrons. The maximum Gasteiger partial charge on any atom is 0.0701 e. The van der Waals surface area contributed by atoms with Crippen LogP contribution in [-0.2, 0) is 4.74 Å². The Morgan fingerprint density at radius 3 is 2.94 bits per heavy atom. The van der Waals surface area contributed by atoms with Gasteiger partial charge < -0.3 is 9.84 Å². The van der Waals surface area contributed by atoms with Crippen LogP contribution in [0.5, 0.6) is 0 Å². The van der Waals surface area contributed by atoms with Gasteiger partial charge in [-0.1, -0.05) is 21.6 Å². The molecule has 0 bridgehead atoms. The van der Waals surface area contributed by atoms with Crippen LogP contribution in [0.3, 0.4) is 0 Å². The highest BCUT2D eigenvalue weighted by Crippen LogP contribution is 2.30. The maximum atomic E-state index is 8.80. The zero-order chi connectivity index (χ0) is 11.6. The second kappa shape index (κ2) is 9.35. The fourth-order valence-electron chi connectivity index (χ4n) is 2.51. The molecule has 0 amide bonds. The van der Waals surface area contributed by atoms with Crippen LogP contribution in [0.15, 0.2) is 0 Å². The number of aliphatic hydroxyl groups is 1. The fraction of sp³-hybridized carbons (Fsp3) is 1.00. The number of hydrogen-bond donors (Lipinski definition) is 2. The van der Waals surface area contributed by atoms with E-state index in [4.69, 9.17) is 9.84 Å². The highest BCUT2D eigenvalue weighted by Gasteiger charge is 2.24. The first-order chi connectivity index (χ1) is 7.88. The van der Waals surface area contributed by atoms with Crippen molar-refractivity contribution in [2.24, 2.45) is 5.92 Å². The summed E-state index contributed by atoms with van der Waals surface area (Å²) in [5.41, 5.74) is 0. The Bertz CT molecular complexity index is 169. The van der Waals surface area contributed by atoms with Gasteiger partial charge in [-0.15, -0.1) is 0 Å². The van der Waals surface area contributed by atoms with Crippen LogP contribution in [0, 0.1) is 5.92 Å². The Morgan fingerprint density at radius 1 is 1.38 bits per heavy atom. The average Bonchev–Trinajstić information content (AvgIpc) is 2.33. The molecule has 2 N–H and O–H groups in total. The molecule has 1 saturated carbocycles. The van der Waals surface area contributed by atoms with Gasteiger partial charge in [-0.2, -0.15) is 0 Å². The summed E-state index contributed by atoms with van der Waals surface area (Å²) in [5.74, 6) is 0.724. The summed E-state index contributed by atoms with van der Waals surface area (Å²) in [6.07, 6.45) is 8.08. The Balaban J connectivity index is 2.18. The lowest BCUT2D eigenvalue weighted by molar-refractivity contribution is -0.0275. The van der Waals surface area contributed by atoms with Gasteiger partial charge in [0.2, 0.25) is 0 Å². The van der Waals surface area contributed by atoms with Crippen LogP contribution >= 0.6 is 8.73 Å². The third-order valence-electron chi connectivity index (χ3n) is 3.32. The van der Waals surface area contributed by atoms with E-state index in [0.29, 0.717) is 12.7 Å². The van der Waals surface area contributed by atoms with Crippen LogP contribution in [0.1, 0.15) is 38.5 Å². The van der Waals surface area contributed by atoms with E-state index < -0.39 is 0 Å². The first-order valence-electron chi connectivity index (χ1n) is 6.50. The Morgan fingerprint density at radius 2 is 2.19 bits per heavy atom. The van der Waals surface area contributed by atoms with Crippen LogP contribution in [0.4, 0.5) is 0 Å². The molecule has 0 saturated heterocycles. The molecule has 0 aliphatic heterocycles. The number of hydrogen-bond acceptors (Lipinski definition) is 3. The Labute approximate surface area is 101 Å². The largest absolute Gasteiger partial charge is 0.394 e. The normalized spacial score (nSPS) is 26.6. The van der Waals surface area contributed by atoms with E-state index >= 15 is 0 Å². The van der Waals surface area contributed by atoms with Crippen molar-refractivity contribution in [3.05, 3.63) is 0 Å². The van der Waals surface area contributed by atoms with E-state index in [1.54, 1.807) is 0 Å². The van der Waals surface area contributed by atoms with Crippen LogP contribution in [-0.4, -0.2) is 37.6 Å². The van der Waals surface area contributed by atoms with E-state index in [0.717, 1.165) is 21.2 Å². The lowest BCUT2D eigenvalue weighted by Crippen LogP contribution is -2.29. The molecule has 16 heavy (non-hydrogen) atoms. The first-order valence-corrected chi connectivity index (χ1v) is 8.00. The third-order valence-corrected chi connectivity index (χ3v) is 3.92. The van der Waals surface area contributed by atoms with Crippen molar-refractivity contribution in [1.29, 1.82) is 0 Å². The van der Waals surface area contributed by atoms with E-state index in [1.165, 1.54) is 38.5 Å². The molecule has 0 aromatic carbocycles. The van der Waals surface area contributed by atoms with Crippen molar-refractivity contribution in [2.75, 3.05) is 26.4 Å². The van der Waals surface area contributed by atoms with Gasteiger partial charge in [-0.3, -0.25) is 5.09 Å². The van der Waals surface area contributed by atoms with E-state index in [-0.39, 0.29) is 6.61 Å². The molecular weight excluding hydrogens is 221 g/mol. The summed E-state index contributed by atoms with van der Waals surface area (Å²) in [5, 5.41) is 12.2. The average molecular weight is 247 g/mol. The number of rotatable bonds is 8. The lowest BCUT2D eigenvalue weighted by atomic mass is 9.83. The summed E-state index contributed by atoms with van der Waals surface area (Å²) in [6.45, 7) is 3.98. The molecule has 0 aromatic heterocycles. The molecule has 3 unspecified atom stereocenters. The summed E-state index contributed by atoms with van der Waals surface area (Å²) >= 11 is 0. The summed E-state index contributed by atoms with van der Waals surface area (Å²) in [4.78, 5) is 0. The van der Waals surface area contributed by atoms with E-state index in [9.17, 15) is 0 Å². The molecule has 4 heteroatoms. The van der Waals surface area contributed by atoms with Crippen molar-refractivity contribution < 1.29 is 9.84 Å². The van der Waals surface area contributed by atoms with Gasteiger partial charge in [0.25, 0.3) is 0 Å². The Kier molecular flexibility index (Phi) is 8.40. The predicted octanol–water partition coefficient (Wildman–Crippen LogP) is 2.15. The second-order valence-corrected chi connectivity index (χ2v) is 5.35. The van der Waals surface area contributed by atoms with E-state index in [2.05, 4.69) is 11.8 Å². The van der Waals surface area contributed by atoms with Gasteiger partial charge in [0.05, 0.1) is 19.3 Å². The minimum Gasteiger partial charge on any atom is -0.394 e. The van der Waals surface area contributed by atoms with Crippen LogP contribution in [0.2, 0.25) is 0 Å². The molecule has 1 rings (SSSR count). The van der Waals surface area contributed by atoms with Gasteiger partial charge in [0, 0.05) is 0 Å². The zero-order valence-electron chi connectivity index (χ0n) is 10.4. The van der Waals surface area contributed by atoms with Gasteiger partial charge in [0.1, 0.15) is 0 Å². The standard InChI is InChI=1S/C12H26NO2P/c1-16-13-8-4-6-11-5-2-3-7-12(11)15-10-9-14/h11-14,16H,2-10H2,1H3. The molecule has 0 spiro atoms. The smallest absolute Gasteiger partial charge is 0.0701 e. The molecule has 0 radical (unpaired) electrons. The van der Waals surface area contributed by atoms with Gasteiger partial charge >= 0.3 is 0 Å². The van der Waals surface area contributed by atoms with Gasteiger partial charge in [0.15, 0.2) is 0 Å². The van der Waals surface area contributed by atoms with Crippen molar-refractivity contribution in [1.82, 2.24) is 5.09 Å². The van der Waals surface area contributed by atoms with Crippen molar-refractivity contribution in [2.45, 2.75) is 44.6 Å². The number of ether oxygens (including phenoxy) is 1. The zero-order valence-corrected chi connectivity index (χ0v) is 11.4. The molecule has 3 nitrogen and oxygen atoms in total. The number of nitrogens with one attached hydrogen (secondary N) is 1. The highest BCUT2D eigenvalue weighted by atomic mass is 31.1. The molecule has 1 aliphatic carbocycles. The minimum atomic E-state index is 0.154. The van der Waals surface area contributed by atoms with Crippen molar-refractivity contribution >= 4 is 8.73 Å². The highest BCUT2D eigenvalue weighted by molar-refractivity contribution is 7.34. The van der Waals surface area contributed by atoms with Crippen molar-refractivity contribution in [3.63, 3.8) is 0 Å². The van der Waals surface area contributed by atoms with Crippen LogP contribution < -0.4 is 5.09 Å². The number of aliphatic hydroxyl groups excluding tert-OH is 1. The molecule has 1 aliphatic rings. The quantitative estimate of drug-likeness (QED) is 0.510. The van der Waals surface area contributed by atoms with E-state index in [1.807, 2.05) is 0 Å². The Hall–Kier alpha value is 0.310. The SMILES string of the molecule is CPNCCCC1CCCCC1OCCO. The fourth-order valence-corrected chi connectivity index (χ4v) is 2.93. The first kappa shape index (κ1) is 14.4. The monoisotopic (exact) mass is 247 g/mol. The predicted molar refractivity (Wildman–Crippen MR) is 70.3 cm³/mol. The topological polar surface area (TPSA) is 41.5 Å². The molecule has 1 fully saturated rings. The second-order valence-electron chi connectivity index (χ2n) is 4.50. The van der Waals surface area contributed by atoms with Gasteiger partial charge in [-0.25, -0.2) is 0 Å². The summed E-state index contributed by atoms with van der Waals surface area (Å²) < 4.78 is 5.73. The third kappa shape index (κ3) is 5.58. The van der Waals surface area contributed by atoms with Gasteiger partial charge in [-0.05, 0) is 44.8 Å².